The first kappa shape index (κ1) is 19.5. The van der Waals surface area contributed by atoms with Crippen molar-refractivity contribution in [3.05, 3.63) is 18.0 Å². The van der Waals surface area contributed by atoms with Crippen LogP contribution >= 0.6 is 0 Å². The topological polar surface area (TPSA) is 99.9 Å². The standard InChI is InChI=1S/C16H25N3O5S/c1-11-6-5-7-19(9-11)25(23,24)13-8-14(17(3)10-13)15(20)18(4)12(2)16(21)22/h8,10-12H,5-7,9H2,1-4H3,(H,21,22). The van der Waals surface area contributed by atoms with Crippen LogP contribution in [0.2, 0.25) is 0 Å². The summed E-state index contributed by atoms with van der Waals surface area (Å²) < 4.78 is 28.5. The number of aromatic nitrogens is 1. The van der Waals surface area contributed by atoms with Gasteiger partial charge in [-0.05, 0) is 31.7 Å². The van der Waals surface area contributed by atoms with Gasteiger partial charge in [0.05, 0.1) is 0 Å². The maximum Gasteiger partial charge on any atom is 0.326 e. The van der Waals surface area contributed by atoms with Crippen LogP contribution in [-0.4, -0.2) is 65.4 Å². The lowest BCUT2D eigenvalue weighted by molar-refractivity contribution is -0.141. The molecular formula is C16H25N3O5S. The van der Waals surface area contributed by atoms with Gasteiger partial charge >= 0.3 is 5.97 Å². The number of carbonyl (C=O) groups is 2. The molecular weight excluding hydrogens is 346 g/mol. The molecule has 2 heterocycles. The zero-order chi connectivity index (χ0) is 18.9. The molecule has 0 aliphatic carbocycles. The summed E-state index contributed by atoms with van der Waals surface area (Å²) in [4.78, 5) is 24.7. The third-order valence-corrected chi connectivity index (χ3v) is 6.55. The Morgan fingerprint density at radius 3 is 2.60 bits per heavy atom. The number of carbonyl (C=O) groups excluding carboxylic acids is 1. The smallest absolute Gasteiger partial charge is 0.326 e. The molecule has 1 N–H and O–H groups in total. The van der Waals surface area contributed by atoms with Crippen molar-refractivity contribution in [2.45, 2.75) is 37.6 Å². The number of hydrogen-bond acceptors (Lipinski definition) is 4. The van der Waals surface area contributed by atoms with Crippen molar-refractivity contribution in [3.8, 4) is 0 Å². The monoisotopic (exact) mass is 371 g/mol. The van der Waals surface area contributed by atoms with E-state index in [9.17, 15) is 18.0 Å². The fraction of sp³-hybridized carbons (Fsp3) is 0.625. The lowest BCUT2D eigenvalue weighted by Crippen LogP contribution is -2.40. The normalized spacial score (nSPS) is 20.2. The van der Waals surface area contributed by atoms with E-state index < -0.39 is 27.9 Å². The molecule has 1 aliphatic rings. The van der Waals surface area contributed by atoms with Gasteiger partial charge in [-0.3, -0.25) is 4.79 Å². The molecule has 0 bridgehead atoms. The Labute approximate surface area is 148 Å². The third kappa shape index (κ3) is 3.87. The number of aryl methyl sites for hydroxylation is 1. The molecule has 8 nitrogen and oxygen atoms in total. The van der Waals surface area contributed by atoms with E-state index in [0.717, 1.165) is 17.7 Å². The number of amides is 1. The number of sulfonamides is 1. The van der Waals surface area contributed by atoms with Crippen LogP contribution in [0.15, 0.2) is 17.2 Å². The number of hydrogen-bond donors (Lipinski definition) is 1. The minimum atomic E-state index is -3.67. The minimum Gasteiger partial charge on any atom is -0.480 e. The van der Waals surface area contributed by atoms with Crippen LogP contribution in [0.1, 0.15) is 37.2 Å². The van der Waals surface area contributed by atoms with Gasteiger partial charge in [0, 0.05) is 33.4 Å². The second kappa shape index (κ2) is 7.17. The summed E-state index contributed by atoms with van der Waals surface area (Å²) in [7, 11) is -0.710. The van der Waals surface area contributed by atoms with Crippen molar-refractivity contribution in [1.29, 1.82) is 0 Å². The van der Waals surface area contributed by atoms with E-state index in [-0.39, 0.29) is 10.6 Å². The first-order valence-corrected chi connectivity index (χ1v) is 9.66. The van der Waals surface area contributed by atoms with Crippen molar-refractivity contribution < 1.29 is 23.1 Å². The average molecular weight is 371 g/mol. The van der Waals surface area contributed by atoms with Gasteiger partial charge in [0.1, 0.15) is 16.6 Å². The second-order valence-corrected chi connectivity index (χ2v) is 8.65. The highest BCUT2D eigenvalue weighted by atomic mass is 32.2. The number of likely N-dealkylation sites (N-methyl/N-ethyl adjacent to an activating group) is 1. The van der Waals surface area contributed by atoms with E-state index in [0.29, 0.717) is 19.0 Å². The Balaban J connectivity index is 2.30. The second-order valence-electron chi connectivity index (χ2n) is 6.71. The summed E-state index contributed by atoms with van der Waals surface area (Å²) in [5, 5.41) is 9.04. The molecule has 9 heteroatoms. The first-order chi connectivity index (χ1) is 11.6. The number of rotatable bonds is 5. The van der Waals surface area contributed by atoms with Crippen LogP contribution < -0.4 is 0 Å². The van der Waals surface area contributed by atoms with Crippen LogP contribution in [0, 0.1) is 5.92 Å². The van der Waals surface area contributed by atoms with Crippen LogP contribution in [0.25, 0.3) is 0 Å². The van der Waals surface area contributed by atoms with Crippen molar-refractivity contribution in [3.63, 3.8) is 0 Å². The Kier molecular flexibility index (Phi) is 5.58. The van der Waals surface area contributed by atoms with E-state index in [1.807, 2.05) is 6.92 Å². The van der Waals surface area contributed by atoms with Gasteiger partial charge in [0.25, 0.3) is 5.91 Å². The fourth-order valence-corrected chi connectivity index (χ4v) is 4.59. The van der Waals surface area contributed by atoms with E-state index in [4.69, 9.17) is 5.11 Å². The number of piperidine rings is 1. The van der Waals surface area contributed by atoms with Gasteiger partial charge in [-0.25, -0.2) is 13.2 Å². The molecule has 2 unspecified atom stereocenters. The highest BCUT2D eigenvalue weighted by Crippen LogP contribution is 2.25. The molecule has 1 amide bonds. The van der Waals surface area contributed by atoms with Gasteiger partial charge in [0.15, 0.2) is 0 Å². The quantitative estimate of drug-likeness (QED) is 0.832. The zero-order valence-electron chi connectivity index (χ0n) is 15.0. The van der Waals surface area contributed by atoms with E-state index >= 15 is 0 Å². The molecule has 0 saturated carbocycles. The number of carboxylic acid groups (broad SMARTS) is 1. The van der Waals surface area contributed by atoms with E-state index in [2.05, 4.69) is 0 Å². The molecule has 0 radical (unpaired) electrons. The first-order valence-electron chi connectivity index (χ1n) is 8.22. The highest BCUT2D eigenvalue weighted by Gasteiger charge is 2.32. The Bertz CT molecular complexity index is 771. The van der Waals surface area contributed by atoms with Crippen LogP contribution in [0.4, 0.5) is 0 Å². The van der Waals surface area contributed by atoms with Gasteiger partial charge in [-0.1, -0.05) is 6.92 Å². The molecule has 1 aliphatic heterocycles. The molecule has 1 aromatic rings. The number of aliphatic carboxylic acids is 1. The van der Waals surface area contributed by atoms with Crippen molar-refractivity contribution in [2.75, 3.05) is 20.1 Å². The number of nitrogens with zero attached hydrogens (tertiary/aromatic N) is 3. The Hall–Kier alpha value is -1.87. The molecule has 1 aromatic heterocycles. The Morgan fingerprint density at radius 2 is 2.04 bits per heavy atom. The lowest BCUT2D eigenvalue weighted by Gasteiger charge is -2.29. The maximum absolute atomic E-state index is 12.8. The average Bonchev–Trinajstić information content (AvgIpc) is 2.95. The fourth-order valence-electron chi connectivity index (χ4n) is 2.92. The van der Waals surface area contributed by atoms with E-state index in [1.165, 1.54) is 35.1 Å². The summed E-state index contributed by atoms with van der Waals surface area (Å²) in [6.45, 7) is 4.36. The summed E-state index contributed by atoms with van der Waals surface area (Å²) >= 11 is 0. The van der Waals surface area contributed by atoms with Crippen LogP contribution in [0.5, 0.6) is 0 Å². The molecule has 140 valence electrons. The molecule has 2 atom stereocenters. The van der Waals surface area contributed by atoms with Gasteiger partial charge in [0.2, 0.25) is 10.0 Å². The highest BCUT2D eigenvalue weighted by molar-refractivity contribution is 7.89. The predicted molar refractivity (Wildman–Crippen MR) is 91.8 cm³/mol. The van der Waals surface area contributed by atoms with Crippen molar-refractivity contribution in [2.24, 2.45) is 13.0 Å². The van der Waals surface area contributed by atoms with Gasteiger partial charge in [-0.15, -0.1) is 0 Å². The molecule has 25 heavy (non-hydrogen) atoms. The summed E-state index contributed by atoms with van der Waals surface area (Å²) in [6.07, 6.45) is 3.22. The molecule has 0 spiro atoms. The molecule has 0 aromatic carbocycles. The minimum absolute atomic E-state index is 0.0591. The summed E-state index contributed by atoms with van der Waals surface area (Å²) in [6, 6.07) is 0.313. The molecule has 1 fully saturated rings. The summed E-state index contributed by atoms with van der Waals surface area (Å²) in [5.74, 6) is -1.36. The van der Waals surface area contributed by atoms with Crippen molar-refractivity contribution >= 4 is 21.9 Å². The lowest BCUT2D eigenvalue weighted by atomic mass is 10.0. The van der Waals surface area contributed by atoms with Crippen LogP contribution in [-0.2, 0) is 21.9 Å². The predicted octanol–water partition coefficient (Wildman–Crippen LogP) is 0.991. The number of carboxylic acids is 1. The zero-order valence-corrected chi connectivity index (χ0v) is 15.8. The Morgan fingerprint density at radius 1 is 1.40 bits per heavy atom. The molecule has 1 saturated heterocycles. The van der Waals surface area contributed by atoms with Crippen molar-refractivity contribution in [1.82, 2.24) is 13.8 Å². The molecule has 2 rings (SSSR count). The third-order valence-electron chi connectivity index (χ3n) is 4.72. The maximum atomic E-state index is 12.8. The van der Waals surface area contributed by atoms with Gasteiger partial charge < -0.3 is 14.6 Å². The van der Waals surface area contributed by atoms with Crippen LogP contribution in [0.3, 0.4) is 0 Å². The SMILES string of the molecule is CC1CCCN(S(=O)(=O)c2cc(C(=O)N(C)C(C)C(=O)O)n(C)c2)C1. The largest absolute Gasteiger partial charge is 0.480 e. The van der Waals surface area contributed by atoms with Gasteiger partial charge in [-0.2, -0.15) is 4.31 Å². The summed E-state index contributed by atoms with van der Waals surface area (Å²) in [5.41, 5.74) is 0.138. The van der Waals surface area contributed by atoms with E-state index in [1.54, 1.807) is 7.05 Å².